The number of hydrogen-bond donors (Lipinski definition) is 1. The highest BCUT2D eigenvalue weighted by molar-refractivity contribution is 8.00. The van der Waals surface area contributed by atoms with Crippen LogP contribution in [-0.4, -0.2) is 34.9 Å². The minimum atomic E-state index is 0.00904. The summed E-state index contributed by atoms with van der Waals surface area (Å²) in [5.74, 6) is 0.115. The number of hydrogen-bond acceptors (Lipinski definition) is 5. The van der Waals surface area contributed by atoms with Crippen LogP contribution in [0.1, 0.15) is 83.2 Å². The number of anilines is 1. The zero-order valence-corrected chi connectivity index (χ0v) is 21.5. The van der Waals surface area contributed by atoms with Crippen molar-refractivity contribution in [3.8, 4) is 0 Å². The molecule has 1 heterocycles. The van der Waals surface area contributed by atoms with E-state index in [2.05, 4.69) is 23.3 Å². The number of pyridine rings is 1. The number of amides is 1. The molecule has 0 saturated carbocycles. The number of rotatable bonds is 16. The molecule has 0 saturated heterocycles. The molecule has 1 unspecified atom stereocenters. The van der Waals surface area contributed by atoms with Gasteiger partial charge in [0.25, 0.3) is 0 Å². The Balaban J connectivity index is 2.40. The molecule has 3 nitrogen and oxygen atoms in total. The molecule has 1 aromatic heterocycles. The number of carbonyl (C=O) groups excluding carboxylic acids is 1. The summed E-state index contributed by atoms with van der Waals surface area (Å²) in [5, 5.41) is 4.09. The Labute approximate surface area is 191 Å². The van der Waals surface area contributed by atoms with E-state index in [1.165, 1.54) is 57.8 Å². The van der Waals surface area contributed by atoms with Gasteiger partial charge < -0.3 is 5.32 Å². The second-order valence-corrected chi connectivity index (χ2v) is 10.2. The highest BCUT2D eigenvalue weighted by atomic mass is 32.2. The van der Waals surface area contributed by atoms with Crippen molar-refractivity contribution in [3.05, 3.63) is 11.8 Å². The van der Waals surface area contributed by atoms with E-state index in [0.717, 1.165) is 34.1 Å². The third-order valence-electron chi connectivity index (χ3n) is 5.14. The van der Waals surface area contributed by atoms with Crippen LogP contribution in [0.5, 0.6) is 0 Å². The largest absolute Gasteiger partial charge is 0.322 e. The summed E-state index contributed by atoms with van der Waals surface area (Å²) in [5.41, 5.74) is 1.87. The summed E-state index contributed by atoms with van der Waals surface area (Å²) in [4.78, 5) is 18.6. The van der Waals surface area contributed by atoms with Gasteiger partial charge in [0, 0.05) is 10.6 Å². The number of unbranched alkanes of at least 4 members (excludes halogenated alkanes) is 9. The fourth-order valence-electron chi connectivity index (χ4n) is 3.42. The predicted octanol–water partition coefficient (Wildman–Crippen LogP) is 7.81. The SMILES string of the molecule is CCCCCCCCCCCCC(SC)C(=O)Nc1c(SC)cc(C)nc1SC. The number of carbonyl (C=O) groups is 1. The molecule has 1 atom stereocenters. The third kappa shape index (κ3) is 10.5. The van der Waals surface area contributed by atoms with E-state index < -0.39 is 0 Å². The van der Waals surface area contributed by atoms with Gasteiger partial charge in [0.1, 0.15) is 5.03 Å². The number of aromatic nitrogens is 1. The molecule has 0 aliphatic carbocycles. The van der Waals surface area contributed by atoms with Crippen LogP contribution in [0, 0.1) is 6.92 Å². The Bertz CT molecular complexity index is 570. The molecule has 0 aromatic carbocycles. The molecular formula is C23H40N2OS3. The van der Waals surface area contributed by atoms with Crippen molar-refractivity contribution in [1.29, 1.82) is 0 Å². The molecule has 0 spiro atoms. The average molecular weight is 457 g/mol. The maximum atomic E-state index is 12.9. The predicted molar refractivity (Wildman–Crippen MR) is 135 cm³/mol. The fourth-order valence-corrected chi connectivity index (χ4v) is 5.40. The highest BCUT2D eigenvalue weighted by Gasteiger charge is 2.20. The van der Waals surface area contributed by atoms with Crippen LogP contribution in [-0.2, 0) is 4.79 Å². The van der Waals surface area contributed by atoms with E-state index in [1.54, 1.807) is 35.3 Å². The minimum Gasteiger partial charge on any atom is -0.322 e. The Kier molecular flexibility index (Phi) is 15.1. The second-order valence-electron chi connectivity index (χ2n) is 7.53. The van der Waals surface area contributed by atoms with Crippen LogP contribution in [0.2, 0.25) is 0 Å². The molecule has 0 aliphatic rings. The first-order valence-corrected chi connectivity index (χ1v) is 14.7. The minimum absolute atomic E-state index is 0.00904. The van der Waals surface area contributed by atoms with E-state index in [9.17, 15) is 4.79 Å². The zero-order valence-electron chi connectivity index (χ0n) is 19.0. The first kappa shape index (κ1) is 26.7. The van der Waals surface area contributed by atoms with Crippen molar-refractivity contribution < 1.29 is 4.79 Å². The van der Waals surface area contributed by atoms with Crippen LogP contribution >= 0.6 is 35.3 Å². The van der Waals surface area contributed by atoms with Gasteiger partial charge in [-0.15, -0.1) is 23.5 Å². The molecule has 0 fully saturated rings. The van der Waals surface area contributed by atoms with Crippen LogP contribution in [0.15, 0.2) is 16.0 Å². The van der Waals surface area contributed by atoms with Crippen LogP contribution in [0.3, 0.4) is 0 Å². The lowest BCUT2D eigenvalue weighted by atomic mass is 10.1. The second kappa shape index (κ2) is 16.4. The number of aryl methyl sites for hydroxylation is 1. The van der Waals surface area contributed by atoms with Gasteiger partial charge in [0.15, 0.2) is 0 Å². The lowest BCUT2D eigenvalue weighted by Gasteiger charge is -2.18. The number of thioether (sulfide) groups is 3. The molecule has 0 bridgehead atoms. The molecule has 0 radical (unpaired) electrons. The molecule has 166 valence electrons. The lowest BCUT2D eigenvalue weighted by molar-refractivity contribution is -0.115. The normalized spacial score (nSPS) is 12.2. The summed E-state index contributed by atoms with van der Waals surface area (Å²) in [6, 6.07) is 2.05. The van der Waals surface area contributed by atoms with Gasteiger partial charge in [-0.3, -0.25) is 4.79 Å². The molecule has 1 amide bonds. The summed E-state index contributed by atoms with van der Waals surface area (Å²) < 4.78 is 0. The van der Waals surface area contributed by atoms with E-state index in [0.29, 0.717) is 0 Å². The van der Waals surface area contributed by atoms with E-state index in [4.69, 9.17) is 0 Å². The van der Waals surface area contributed by atoms with Gasteiger partial charge in [-0.1, -0.05) is 71.1 Å². The van der Waals surface area contributed by atoms with Crippen LogP contribution in [0.25, 0.3) is 0 Å². The standard InChI is InChI=1S/C23H40N2OS3/c1-6-7-8-9-10-11-12-13-14-15-16-19(27-3)22(26)25-21-20(28-4)17-18(2)24-23(21)29-5/h17,19H,6-16H2,1-5H3,(H,25,26). The van der Waals surface area contributed by atoms with Gasteiger partial charge in [0.05, 0.1) is 10.9 Å². The topological polar surface area (TPSA) is 42.0 Å². The summed E-state index contributed by atoms with van der Waals surface area (Å²) in [6.07, 6.45) is 20.3. The molecular weight excluding hydrogens is 416 g/mol. The third-order valence-corrected chi connectivity index (χ3v) is 7.60. The van der Waals surface area contributed by atoms with Crippen molar-refractivity contribution in [2.45, 2.75) is 99.6 Å². The monoisotopic (exact) mass is 456 g/mol. The average Bonchev–Trinajstić information content (AvgIpc) is 2.72. The van der Waals surface area contributed by atoms with E-state index >= 15 is 0 Å². The Morgan fingerprint density at radius 2 is 1.55 bits per heavy atom. The molecule has 0 aliphatic heterocycles. The maximum absolute atomic E-state index is 12.9. The van der Waals surface area contributed by atoms with Gasteiger partial charge in [0.2, 0.25) is 5.91 Å². The lowest BCUT2D eigenvalue weighted by Crippen LogP contribution is -2.25. The first-order chi connectivity index (χ1) is 14.1. The van der Waals surface area contributed by atoms with Crippen molar-refractivity contribution in [3.63, 3.8) is 0 Å². The Hall–Kier alpha value is -0.330. The molecule has 1 aromatic rings. The van der Waals surface area contributed by atoms with Crippen molar-refractivity contribution in [2.75, 3.05) is 24.1 Å². The van der Waals surface area contributed by atoms with Crippen molar-refractivity contribution >= 4 is 46.9 Å². The number of nitrogens with zero attached hydrogens (tertiary/aromatic N) is 1. The van der Waals surface area contributed by atoms with Crippen LogP contribution in [0.4, 0.5) is 5.69 Å². The van der Waals surface area contributed by atoms with Gasteiger partial charge in [-0.2, -0.15) is 11.8 Å². The van der Waals surface area contributed by atoms with Crippen molar-refractivity contribution in [2.24, 2.45) is 0 Å². The maximum Gasteiger partial charge on any atom is 0.237 e. The quantitative estimate of drug-likeness (QED) is 0.203. The summed E-state index contributed by atoms with van der Waals surface area (Å²) >= 11 is 4.91. The number of nitrogens with one attached hydrogen (secondary N) is 1. The molecule has 29 heavy (non-hydrogen) atoms. The first-order valence-electron chi connectivity index (χ1n) is 11.0. The summed E-state index contributed by atoms with van der Waals surface area (Å²) in [6.45, 7) is 4.27. The molecule has 1 rings (SSSR count). The van der Waals surface area contributed by atoms with Gasteiger partial charge >= 0.3 is 0 Å². The summed E-state index contributed by atoms with van der Waals surface area (Å²) in [7, 11) is 0. The van der Waals surface area contributed by atoms with Crippen molar-refractivity contribution in [1.82, 2.24) is 4.98 Å². The Morgan fingerprint density at radius 3 is 2.07 bits per heavy atom. The van der Waals surface area contributed by atoms with Crippen LogP contribution < -0.4 is 5.32 Å². The smallest absolute Gasteiger partial charge is 0.237 e. The van der Waals surface area contributed by atoms with Gasteiger partial charge in [-0.25, -0.2) is 4.98 Å². The van der Waals surface area contributed by atoms with Gasteiger partial charge in [-0.05, 0) is 38.2 Å². The molecule has 6 heteroatoms. The Morgan fingerprint density at radius 1 is 0.966 bits per heavy atom. The van der Waals surface area contributed by atoms with E-state index in [1.807, 2.05) is 25.7 Å². The molecule has 1 N–H and O–H groups in total. The zero-order chi connectivity index (χ0) is 21.5. The highest BCUT2D eigenvalue weighted by Crippen LogP contribution is 2.34. The van der Waals surface area contributed by atoms with E-state index in [-0.39, 0.29) is 11.2 Å². The fraction of sp³-hybridized carbons (Fsp3) is 0.739.